The Hall–Kier alpha value is -3.52. The van der Waals surface area contributed by atoms with Gasteiger partial charge in [-0.05, 0) is 36.6 Å². The number of carbonyl (C=O) groups excluding carboxylic acids is 2. The molecule has 3 N–H and O–H groups in total. The molecule has 1 atom stereocenters. The number of aromatic amines is 1. The number of piperidine rings is 1. The van der Waals surface area contributed by atoms with Crippen molar-refractivity contribution in [2.24, 2.45) is 0 Å². The summed E-state index contributed by atoms with van der Waals surface area (Å²) >= 11 is 0. The molecule has 2 aliphatic rings. The molecule has 5 rings (SSSR count). The second-order valence-corrected chi connectivity index (χ2v) is 9.04. The van der Waals surface area contributed by atoms with E-state index in [9.17, 15) is 14.0 Å². The predicted octanol–water partition coefficient (Wildman–Crippen LogP) is 2.55. The van der Waals surface area contributed by atoms with E-state index in [0.29, 0.717) is 19.5 Å². The van der Waals surface area contributed by atoms with E-state index in [0.717, 1.165) is 37.1 Å². The van der Waals surface area contributed by atoms with Gasteiger partial charge in [-0.1, -0.05) is 36.4 Å². The Morgan fingerprint density at radius 1 is 1.12 bits per heavy atom. The first-order valence-corrected chi connectivity index (χ1v) is 11.7. The van der Waals surface area contributed by atoms with Crippen LogP contribution in [0.4, 0.5) is 4.39 Å². The summed E-state index contributed by atoms with van der Waals surface area (Å²) in [5.41, 5.74) is 3.16. The molecule has 2 aliphatic heterocycles. The Morgan fingerprint density at radius 2 is 1.91 bits per heavy atom. The van der Waals surface area contributed by atoms with E-state index in [4.69, 9.17) is 0 Å². The van der Waals surface area contributed by atoms with Crippen LogP contribution in [0.5, 0.6) is 0 Å². The molecule has 7 nitrogen and oxygen atoms in total. The molecule has 2 amide bonds. The van der Waals surface area contributed by atoms with Gasteiger partial charge in [-0.3, -0.25) is 9.59 Å². The second-order valence-electron chi connectivity index (χ2n) is 9.04. The van der Waals surface area contributed by atoms with Crippen molar-refractivity contribution in [3.8, 4) is 0 Å². The molecule has 0 bridgehead atoms. The highest BCUT2D eigenvalue weighted by Crippen LogP contribution is 2.36. The predicted molar refractivity (Wildman–Crippen MR) is 126 cm³/mol. The summed E-state index contributed by atoms with van der Waals surface area (Å²) in [7, 11) is 0. The van der Waals surface area contributed by atoms with Gasteiger partial charge in [0, 0.05) is 43.7 Å². The lowest BCUT2D eigenvalue weighted by atomic mass is 9.80. The van der Waals surface area contributed by atoms with Crippen LogP contribution in [0.3, 0.4) is 0 Å². The van der Waals surface area contributed by atoms with E-state index in [1.165, 1.54) is 23.9 Å². The molecule has 8 heteroatoms. The number of fused-ring (bicyclic) bond motifs is 2. The fourth-order valence-electron chi connectivity index (χ4n) is 5.10. The number of benzene rings is 2. The van der Waals surface area contributed by atoms with Crippen molar-refractivity contribution in [1.82, 2.24) is 25.5 Å². The summed E-state index contributed by atoms with van der Waals surface area (Å²) in [6.45, 7) is 2.02. The molecule has 1 saturated heterocycles. The normalized spacial score (nSPS) is 17.7. The van der Waals surface area contributed by atoms with E-state index in [1.54, 1.807) is 12.4 Å². The number of likely N-dealkylation sites (tertiary alicyclic amines) is 1. The number of H-pyrrole nitrogens is 1. The Kier molecular flexibility index (Phi) is 6.15. The summed E-state index contributed by atoms with van der Waals surface area (Å²) in [5.74, 6) is -1.07. The van der Waals surface area contributed by atoms with Crippen molar-refractivity contribution >= 4 is 11.8 Å². The first-order chi connectivity index (χ1) is 16.5. The van der Waals surface area contributed by atoms with Crippen LogP contribution in [0, 0.1) is 5.82 Å². The molecule has 2 aromatic carbocycles. The first kappa shape index (κ1) is 22.3. The lowest BCUT2D eigenvalue weighted by Gasteiger charge is -2.44. The molecule has 3 aromatic rings. The number of hydrogen-bond acceptors (Lipinski definition) is 4. The van der Waals surface area contributed by atoms with Gasteiger partial charge in [-0.25, -0.2) is 9.37 Å². The van der Waals surface area contributed by atoms with Crippen molar-refractivity contribution in [2.75, 3.05) is 19.6 Å². The van der Waals surface area contributed by atoms with Gasteiger partial charge in [0.2, 0.25) is 5.91 Å². The number of carbonyl (C=O) groups is 2. The molecular formula is C26H28FN5O2. The summed E-state index contributed by atoms with van der Waals surface area (Å²) in [4.78, 5) is 36.1. The number of aromatic nitrogens is 2. The highest BCUT2D eigenvalue weighted by atomic mass is 19.1. The van der Waals surface area contributed by atoms with Gasteiger partial charge in [0.05, 0.1) is 17.6 Å². The van der Waals surface area contributed by atoms with Gasteiger partial charge in [0.15, 0.2) is 0 Å². The van der Waals surface area contributed by atoms with Crippen LogP contribution in [-0.2, 0) is 23.2 Å². The Morgan fingerprint density at radius 3 is 2.68 bits per heavy atom. The van der Waals surface area contributed by atoms with Crippen LogP contribution in [0.25, 0.3) is 0 Å². The van der Waals surface area contributed by atoms with Crippen molar-refractivity contribution in [3.63, 3.8) is 0 Å². The molecule has 3 heterocycles. The molecule has 0 unspecified atom stereocenters. The summed E-state index contributed by atoms with van der Waals surface area (Å²) in [6, 6.07) is 14.4. The zero-order valence-electron chi connectivity index (χ0n) is 18.9. The number of hydrogen-bond donors (Lipinski definition) is 3. The van der Waals surface area contributed by atoms with E-state index in [-0.39, 0.29) is 17.0 Å². The quantitative estimate of drug-likeness (QED) is 0.545. The van der Waals surface area contributed by atoms with Gasteiger partial charge in [0.1, 0.15) is 11.9 Å². The highest BCUT2D eigenvalue weighted by molar-refractivity contribution is 5.97. The average molecular weight is 462 g/mol. The smallest absolute Gasteiger partial charge is 0.252 e. The molecule has 1 aromatic heterocycles. The molecule has 1 fully saturated rings. The molecule has 0 aliphatic carbocycles. The third kappa shape index (κ3) is 4.46. The Bertz CT molecular complexity index is 1170. The monoisotopic (exact) mass is 461 g/mol. The minimum absolute atomic E-state index is 0.124. The molecule has 176 valence electrons. The third-order valence-corrected chi connectivity index (χ3v) is 6.91. The van der Waals surface area contributed by atoms with Crippen LogP contribution >= 0.6 is 0 Å². The molecule has 34 heavy (non-hydrogen) atoms. The fourth-order valence-corrected chi connectivity index (χ4v) is 5.10. The van der Waals surface area contributed by atoms with Gasteiger partial charge in [-0.2, -0.15) is 0 Å². The number of amides is 2. The molecular weight excluding hydrogens is 433 g/mol. The topological polar surface area (TPSA) is 90.1 Å². The number of nitrogens with one attached hydrogen (secondary N) is 3. The Labute approximate surface area is 197 Å². The van der Waals surface area contributed by atoms with E-state index in [1.807, 2.05) is 35.2 Å². The zero-order valence-corrected chi connectivity index (χ0v) is 18.9. The van der Waals surface area contributed by atoms with Crippen molar-refractivity contribution in [2.45, 2.75) is 37.3 Å². The van der Waals surface area contributed by atoms with Gasteiger partial charge in [0.25, 0.3) is 5.91 Å². The largest absolute Gasteiger partial charge is 0.348 e. The van der Waals surface area contributed by atoms with Crippen LogP contribution < -0.4 is 10.6 Å². The second kappa shape index (κ2) is 9.38. The SMILES string of the molecule is O=C(N[C@H](Cc1ccccc1)C(=O)N1CCC2(CC1)NCCc1[nH]cnc12)c1cccc(F)c1. The summed E-state index contributed by atoms with van der Waals surface area (Å²) < 4.78 is 13.6. The summed E-state index contributed by atoms with van der Waals surface area (Å²) in [5, 5.41) is 6.50. The van der Waals surface area contributed by atoms with Gasteiger partial charge < -0.3 is 20.5 Å². The molecule has 1 spiro atoms. The van der Waals surface area contributed by atoms with Crippen LogP contribution in [0.2, 0.25) is 0 Å². The van der Waals surface area contributed by atoms with Crippen LogP contribution in [0.15, 0.2) is 60.9 Å². The molecule has 0 radical (unpaired) electrons. The standard InChI is InChI=1S/C26H28FN5O2/c27-20-8-4-7-19(16-20)24(33)31-22(15-18-5-2-1-3-6-18)25(34)32-13-10-26(11-14-32)23-21(9-12-30-26)28-17-29-23/h1-8,16-17,22,30H,9-15H2,(H,28,29)(H,31,33)/t22-/m1/s1. The van der Waals surface area contributed by atoms with Crippen LogP contribution in [-0.4, -0.2) is 52.4 Å². The van der Waals surface area contributed by atoms with Crippen molar-refractivity contribution in [1.29, 1.82) is 0 Å². The van der Waals surface area contributed by atoms with E-state index < -0.39 is 17.8 Å². The maximum atomic E-state index is 13.6. The summed E-state index contributed by atoms with van der Waals surface area (Å²) in [6.07, 6.45) is 4.54. The van der Waals surface area contributed by atoms with Gasteiger partial charge >= 0.3 is 0 Å². The fraction of sp³-hybridized carbons (Fsp3) is 0.346. The lowest BCUT2D eigenvalue weighted by Crippen LogP contribution is -2.58. The molecule has 0 saturated carbocycles. The zero-order chi connectivity index (χ0) is 23.5. The van der Waals surface area contributed by atoms with E-state index in [2.05, 4.69) is 20.6 Å². The number of halogens is 1. The minimum atomic E-state index is -0.743. The van der Waals surface area contributed by atoms with Crippen LogP contribution in [0.1, 0.15) is 40.2 Å². The Balaban J connectivity index is 1.32. The average Bonchev–Trinajstić information content (AvgIpc) is 3.35. The first-order valence-electron chi connectivity index (χ1n) is 11.7. The maximum Gasteiger partial charge on any atom is 0.252 e. The van der Waals surface area contributed by atoms with Crippen molar-refractivity contribution < 1.29 is 14.0 Å². The van der Waals surface area contributed by atoms with Gasteiger partial charge in [-0.15, -0.1) is 0 Å². The minimum Gasteiger partial charge on any atom is -0.348 e. The maximum absolute atomic E-state index is 13.6. The highest BCUT2D eigenvalue weighted by Gasteiger charge is 2.42. The third-order valence-electron chi connectivity index (χ3n) is 6.91. The number of rotatable bonds is 5. The number of imidazole rings is 1. The lowest BCUT2D eigenvalue weighted by molar-refractivity contribution is -0.135. The number of nitrogens with zero attached hydrogens (tertiary/aromatic N) is 2. The van der Waals surface area contributed by atoms with Crippen molar-refractivity contribution in [3.05, 3.63) is 89.3 Å². The van der Waals surface area contributed by atoms with E-state index >= 15 is 0 Å².